The Bertz CT molecular complexity index is 616. The van der Waals surface area contributed by atoms with Crippen molar-refractivity contribution in [3.63, 3.8) is 0 Å². The van der Waals surface area contributed by atoms with Gasteiger partial charge >= 0.3 is 0 Å². The number of nitrogens with zero attached hydrogens (tertiary/aromatic N) is 3. The molecule has 0 bridgehead atoms. The van der Waals surface area contributed by atoms with E-state index in [9.17, 15) is 14.4 Å². The fraction of sp³-hybridized carbons (Fsp3) is 0.400. The van der Waals surface area contributed by atoms with Crippen LogP contribution in [-0.2, 0) is 4.79 Å². The first kappa shape index (κ1) is 12.5. The molecule has 108 valence electrons. The molecule has 6 nitrogen and oxygen atoms in total. The fourth-order valence-electron chi connectivity index (χ4n) is 3.27. The molecule has 2 fully saturated rings. The van der Waals surface area contributed by atoms with E-state index in [0.717, 1.165) is 30.8 Å². The van der Waals surface area contributed by atoms with Gasteiger partial charge in [-0.1, -0.05) is 12.1 Å². The van der Waals surface area contributed by atoms with E-state index in [2.05, 4.69) is 0 Å². The van der Waals surface area contributed by atoms with Gasteiger partial charge in [0.2, 0.25) is 0 Å². The second-order valence-corrected chi connectivity index (χ2v) is 5.62. The van der Waals surface area contributed by atoms with Gasteiger partial charge in [-0.3, -0.25) is 24.3 Å². The summed E-state index contributed by atoms with van der Waals surface area (Å²) in [5.41, 5.74) is 0.796. The molecule has 0 radical (unpaired) electrons. The van der Waals surface area contributed by atoms with Gasteiger partial charge in [0.15, 0.2) is 0 Å². The quantitative estimate of drug-likeness (QED) is 0.586. The van der Waals surface area contributed by atoms with Gasteiger partial charge in [-0.2, -0.15) is 0 Å². The summed E-state index contributed by atoms with van der Waals surface area (Å²) in [5, 5.41) is 3.68. The molecule has 1 atom stereocenters. The minimum absolute atomic E-state index is 0.147. The Morgan fingerprint density at radius 3 is 2.00 bits per heavy atom. The molecule has 3 aliphatic heterocycles. The number of amides is 3. The number of carbonyl (C=O) groups excluding carboxylic acids is 3. The zero-order valence-corrected chi connectivity index (χ0v) is 11.5. The molecule has 3 heterocycles. The van der Waals surface area contributed by atoms with Crippen molar-refractivity contribution in [2.45, 2.75) is 18.9 Å². The number of rotatable bonds is 2. The van der Waals surface area contributed by atoms with Gasteiger partial charge in [0, 0.05) is 13.1 Å². The Morgan fingerprint density at radius 2 is 1.48 bits per heavy atom. The first-order chi connectivity index (χ1) is 10.2. The monoisotopic (exact) mass is 285 g/mol. The predicted octanol–water partition coefficient (Wildman–Crippen LogP) is 0.504. The van der Waals surface area contributed by atoms with Crippen molar-refractivity contribution >= 4 is 17.7 Å². The molecule has 0 saturated carbocycles. The summed E-state index contributed by atoms with van der Waals surface area (Å²) in [6.07, 6.45) is 2.17. The van der Waals surface area contributed by atoms with Crippen LogP contribution in [-0.4, -0.2) is 58.3 Å². The predicted molar refractivity (Wildman–Crippen MR) is 73.3 cm³/mol. The second-order valence-electron chi connectivity index (χ2n) is 5.62. The zero-order chi connectivity index (χ0) is 14.6. The molecular weight excluding hydrogens is 270 g/mol. The van der Waals surface area contributed by atoms with Crippen molar-refractivity contribution in [2.24, 2.45) is 0 Å². The number of hydrogen-bond donors (Lipinski definition) is 0. The maximum Gasteiger partial charge on any atom is 0.262 e. The molecule has 6 heteroatoms. The molecule has 0 aromatic heterocycles. The summed E-state index contributed by atoms with van der Waals surface area (Å²) in [6, 6.07) is 6.09. The van der Waals surface area contributed by atoms with Crippen LogP contribution in [0.15, 0.2) is 24.3 Å². The van der Waals surface area contributed by atoms with E-state index in [-0.39, 0.29) is 17.7 Å². The fourth-order valence-corrected chi connectivity index (χ4v) is 3.27. The Balaban J connectivity index is 1.55. The van der Waals surface area contributed by atoms with E-state index in [0.29, 0.717) is 17.7 Å². The number of β-lactam (4-membered cyclic amide) rings is 1. The van der Waals surface area contributed by atoms with Crippen LogP contribution in [0.25, 0.3) is 0 Å². The lowest BCUT2D eigenvalue weighted by molar-refractivity contribution is -0.171. The highest BCUT2D eigenvalue weighted by Gasteiger charge is 2.51. The van der Waals surface area contributed by atoms with Gasteiger partial charge in [-0.25, -0.2) is 5.01 Å². The van der Waals surface area contributed by atoms with E-state index in [1.807, 2.05) is 5.01 Å². The van der Waals surface area contributed by atoms with Crippen LogP contribution in [0, 0.1) is 0 Å². The highest BCUT2D eigenvalue weighted by Crippen LogP contribution is 2.30. The molecule has 1 aromatic rings. The summed E-state index contributed by atoms with van der Waals surface area (Å²) < 4.78 is 0. The summed E-state index contributed by atoms with van der Waals surface area (Å²) in [4.78, 5) is 38.1. The van der Waals surface area contributed by atoms with Crippen LogP contribution in [0.2, 0.25) is 0 Å². The number of carbonyl (C=O) groups is 3. The number of hydrazine groups is 1. The van der Waals surface area contributed by atoms with E-state index >= 15 is 0 Å². The lowest BCUT2D eigenvalue weighted by atomic mass is 10.1. The third kappa shape index (κ3) is 1.65. The molecule has 3 amide bonds. The minimum atomic E-state index is -0.641. The van der Waals surface area contributed by atoms with Crippen molar-refractivity contribution in [1.29, 1.82) is 0 Å². The van der Waals surface area contributed by atoms with Crippen molar-refractivity contribution < 1.29 is 14.4 Å². The molecule has 2 saturated heterocycles. The molecular formula is C15H15N3O3. The second kappa shape index (κ2) is 4.39. The lowest BCUT2D eigenvalue weighted by Crippen LogP contribution is -2.69. The Hall–Kier alpha value is -2.21. The van der Waals surface area contributed by atoms with Crippen molar-refractivity contribution in [1.82, 2.24) is 14.9 Å². The van der Waals surface area contributed by atoms with Crippen LogP contribution in [0.4, 0.5) is 0 Å². The first-order valence-corrected chi connectivity index (χ1v) is 7.21. The van der Waals surface area contributed by atoms with Crippen LogP contribution in [0.1, 0.15) is 33.6 Å². The molecule has 21 heavy (non-hydrogen) atoms. The normalized spacial score (nSPS) is 25.5. The maximum atomic E-state index is 12.3. The molecule has 0 N–H and O–H groups in total. The third-order valence-corrected chi connectivity index (χ3v) is 4.45. The highest BCUT2D eigenvalue weighted by atomic mass is 16.2. The third-order valence-electron chi connectivity index (χ3n) is 4.45. The van der Waals surface area contributed by atoms with E-state index in [4.69, 9.17) is 0 Å². The number of imide groups is 1. The highest BCUT2D eigenvalue weighted by molar-refractivity contribution is 6.23. The Kier molecular flexibility index (Phi) is 2.62. The van der Waals surface area contributed by atoms with Crippen LogP contribution in [0.5, 0.6) is 0 Å². The summed E-state index contributed by atoms with van der Waals surface area (Å²) in [7, 11) is 0. The first-order valence-electron chi connectivity index (χ1n) is 7.21. The topological polar surface area (TPSA) is 60.9 Å². The molecule has 0 spiro atoms. The van der Waals surface area contributed by atoms with Crippen LogP contribution >= 0.6 is 0 Å². The van der Waals surface area contributed by atoms with E-state index < -0.39 is 6.04 Å². The number of fused-ring (bicyclic) bond motifs is 1. The average molecular weight is 285 g/mol. The maximum absolute atomic E-state index is 12.3. The van der Waals surface area contributed by atoms with Gasteiger partial charge in [0.25, 0.3) is 17.7 Å². The van der Waals surface area contributed by atoms with Gasteiger partial charge in [-0.15, -0.1) is 0 Å². The Morgan fingerprint density at radius 1 is 0.905 bits per heavy atom. The van der Waals surface area contributed by atoms with Crippen LogP contribution in [0.3, 0.4) is 0 Å². The lowest BCUT2D eigenvalue weighted by Gasteiger charge is -2.45. The van der Waals surface area contributed by atoms with Crippen molar-refractivity contribution in [3.05, 3.63) is 35.4 Å². The van der Waals surface area contributed by atoms with Gasteiger partial charge in [0.1, 0.15) is 6.04 Å². The summed E-state index contributed by atoms with van der Waals surface area (Å²) in [6.45, 7) is 2.17. The Labute approximate surface area is 121 Å². The summed E-state index contributed by atoms with van der Waals surface area (Å²) in [5.74, 6) is -0.851. The van der Waals surface area contributed by atoms with Gasteiger partial charge in [-0.05, 0) is 25.0 Å². The average Bonchev–Trinajstić information content (AvgIpc) is 3.09. The van der Waals surface area contributed by atoms with Gasteiger partial charge in [0.05, 0.1) is 17.7 Å². The largest absolute Gasteiger partial charge is 0.271 e. The minimum Gasteiger partial charge on any atom is -0.271 e. The molecule has 1 aromatic carbocycles. The number of benzene rings is 1. The molecule has 4 rings (SSSR count). The van der Waals surface area contributed by atoms with Gasteiger partial charge < -0.3 is 0 Å². The molecule has 0 unspecified atom stereocenters. The van der Waals surface area contributed by atoms with E-state index in [1.165, 1.54) is 0 Å². The molecule has 3 aliphatic rings. The smallest absolute Gasteiger partial charge is 0.262 e. The standard InChI is InChI=1S/C15H15N3O3/c19-13-10-5-1-2-6-11(10)14(20)18(13)12-9-17(15(12)21)16-7-3-4-8-16/h1-2,5-6,12H,3-4,7-9H2/t12-/m0/s1. The molecule has 0 aliphatic carbocycles. The number of hydrogen-bond acceptors (Lipinski definition) is 4. The summed E-state index contributed by atoms with van der Waals surface area (Å²) >= 11 is 0. The van der Waals surface area contributed by atoms with Crippen molar-refractivity contribution in [3.8, 4) is 0 Å². The SMILES string of the molecule is O=C1c2ccccc2C(=O)N1[C@H]1CN(N2CCCC2)C1=O. The van der Waals surface area contributed by atoms with Crippen molar-refractivity contribution in [2.75, 3.05) is 19.6 Å². The van der Waals surface area contributed by atoms with E-state index in [1.54, 1.807) is 29.3 Å². The van der Waals surface area contributed by atoms with Crippen LogP contribution < -0.4 is 0 Å². The zero-order valence-electron chi connectivity index (χ0n) is 11.5.